The van der Waals surface area contributed by atoms with Crippen LogP contribution in [0.25, 0.3) is 0 Å². The van der Waals surface area contributed by atoms with Gasteiger partial charge in [-0.3, -0.25) is 0 Å². The van der Waals surface area contributed by atoms with Crippen molar-refractivity contribution in [3.63, 3.8) is 0 Å². The van der Waals surface area contributed by atoms with Crippen LogP contribution >= 0.6 is 0 Å². The van der Waals surface area contributed by atoms with Crippen LogP contribution in [0.2, 0.25) is 0 Å². The summed E-state index contributed by atoms with van der Waals surface area (Å²) in [5, 5.41) is 3.48. The molecule has 0 saturated carbocycles. The summed E-state index contributed by atoms with van der Waals surface area (Å²) in [5.74, 6) is 0.729. The minimum absolute atomic E-state index is 0.729. The van der Waals surface area contributed by atoms with E-state index >= 15 is 0 Å². The molecule has 1 nitrogen and oxygen atoms in total. The first-order valence-corrected chi connectivity index (χ1v) is 5.57. The largest absolute Gasteiger partial charge is 0.313 e. The third kappa shape index (κ3) is 1.98. The molecule has 76 valence electrons. The maximum Gasteiger partial charge on any atom is 0.0208 e. The zero-order chi connectivity index (χ0) is 9.97. The first-order chi connectivity index (χ1) is 6.77. The van der Waals surface area contributed by atoms with Gasteiger partial charge in [-0.2, -0.15) is 0 Å². The van der Waals surface area contributed by atoms with Gasteiger partial charge in [-0.1, -0.05) is 30.7 Å². The van der Waals surface area contributed by atoms with Gasteiger partial charge in [-0.05, 0) is 43.4 Å². The Morgan fingerprint density at radius 3 is 3.07 bits per heavy atom. The molecular formula is C13H19N. The van der Waals surface area contributed by atoms with Gasteiger partial charge in [0.15, 0.2) is 0 Å². The number of aryl methyl sites for hydroxylation is 1. The number of hydrogen-bond acceptors (Lipinski definition) is 1. The average molecular weight is 189 g/mol. The molecule has 1 aliphatic rings. The van der Waals surface area contributed by atoms with Crippen molar-refractivity contribution in [3.05, 3.63) is 34.9 Å². The fraction of sp³-hybridized carbons (Fsp3) is 0.538. The lowest BCUT2D eigenvalue weighted by molar-refractivity contribution is 0.550. The Labute approximate surface area is 86.5 Å². The highest BCUT2D eigenvalue weighted by molar-refractivity contribution is 5.34. The van der Waals surface area contributed by atoms with E-state index in [0.29, 0.717) is 0 Å². The zero-order valence-corrected chi connectivity index (χ0v) is 9.14. The summed E-state index contributed by atoms with van der Waals surface area (Å²) in [6.07, 6.45) is 2.61. The second-order valence-electron chi connectivity index (χ2n) is 4.42. The molecule has 0 radical (unpaired) electrons. The summed E-state index contributed by atoms with van der Waals surface area (Å²) in [6, 6.07) is 6.85. The van der Waals surface area contributed by atoms with Crippen LogP contribution in [0.4, 0.5) is 0 Å². The Kier molecular flexibility index (Phi) is 2.87. The van der Waals surface area contributed by atoms with Crippen molar-refractivity contribution >= 4 is 0 Å². The van der Waals surface area contributed by atoms with Crippen molar-refractivity contribution in [1.82, 2.24) is 5.32 Å². The van der Waals surface area contributed by atoms with E-state index in [9.17, 15) is 0 Å². The average Bonchev–Trinajstić information content (AvgIpc) is 2.16. The van der Waals surface area contributed by atoms with Crippen molar-refractivity contribution in [1.29, 1.82) is 0 Å². The van der Waals surface area contributed by atoms with Gasteiger partial charge < -0.3 is 5.32 Å². The van der Waals surface area contributed by atoms with Crippen molar-refractivity contribution in [2.24, 2.45) is 0 Å². The van der Waals surface area contributed by atoms with Crippen LogP contribution in [0.1, 0.15) is 42.4 Å². The minimum atomic E-state index is 0.729. The maximum atomic E-state index is 3.48. The van der Waals surface area contributed by atoms with Gasteiger partial charge in [0.05, 0.1) is 0 Å². The molecule has 0 saturated heterocycles. The minimum Gasteiger partial charge on any atom is -0.313 e. The van der Waals surface area contributed by atoms with E-state index in [2.05, 4.69) is 37.4 Å². The molecular weight excluding hydrogens is 170 g/mol. The van der Waals surface area contributed by atoms with E-state index < -0.39 is 0 Å². The van der Waals surface area contributed by atoms with Crippen LogP contribution in [0.5, 0.6) is 0 Å². The standard InChI is InChI=1S/C13H19N/c1-10-5-6-12-9-14-7-3-4-11(2)13(12)8-10/h5-6,8,11,14H,3-4,7,9H2,1-2H3. The van der Waals surface area contributed by atoms with Gasteiger partial charge in [0, 0.05) is 6.54 Å². The second kappa shape index (κ2) is 4.14. The van der Waals surface area contributed by atoms with E-state index in [1.54, 1.807) is 5.56 Å². The van der Waals surface area contributed by atoms with Gasteiger partial charge in [-0.15, -0.1) is 0 Å². The van der Waals surface area contributed by atoms with Crippen LogP contribution in [0.3, 0.4) is 0 Å². The third-order valence-corrected chi connectivity index (χ3v) is 3.14. The molecule has 2 rings (SSSR count). The third-order valence-electron chi connectivity index (χ3n) is 3.14. The van der Waals surface area contributed by atoms with E-state index in [-0.39, 0.29) is 0 Å². The molecule has 1 atom stereocenters. The highest BCUT2D eigenvalue weighted by Gasteiger charge is 2.12. The summed E-state index contributed by atoms with van der Waals surface area (Å²) in [7, 11) is 0. The molecule has 1 heteroatoms. The SMILES string of the molecule is Cc1ccc2c(c1)C(C)CCCNC2. The van der Waals surface area contributed by atoms with E-state index in [4.69, 9.17) is 0 Å². The van der Waals surface area contributed by atoms with Gasteiger partial charge >= 0.3 is 0 Å². The molecule has 0 bridgehead atoms. The molecule has 1 unspecified atom stereocenters. The van der Waals surface area contributed by atoms with E-state index in [0.717, 1.165) is 19.0 Å². The Morgan fingerprint density at radius 1 is 1.36 bits per heavy atom. The summed E-state index contributed by atoms with van der Waals surface area (Å²) in [6.45, 7) is 6.74. The first kappa shape index (κ1) is 9.72. The van der Waals surface area contributed by atoms with Crippen LogP contribution in [-0.4, -0.2) is 6.54 Å². The lowest BCUT2D eigenvalue weighted by Gasteiger charge is -2.21. The lowest BCUT2D eigenvalue weighted by Crippen LogP contribution is -2.19. The fourth-order valence-corrected chi connectivity index (χ4v) is 2.25. The predicted octanol–water partition coefficient (Wildman–Crippen LogP) is 2.98. The quantitative estimate of drug-likeness (QED) is 0.661. The molecule has 1 aromatic rings. The van der Waals surface area contributed by atoms with Crippen molar-refractivity contribution in [3.8, 4) is 0 Å². The monoisotopic (exact) mass is 189 g/mol. The Bertz CT molecular complexity index is 317. The predicted molar refractivity (Wildman–Crippen MR) is 60.5 cm³/mol. The smallest absolute Gasteiger partial charge is 0.0208 e. The number of benzene rings is 1. The summed E-state index contributed by atoms with van der Waals surface area (Å²) in [5.41, 5.74) is 4.43. The van der Waals surface area contributed by atoms with Gasteiger partial charge in [-0.25, -0.2) is 0 Å². The molecule has 0 aliphatic carbocycles. The van der Waals surface area contributed by atoms with Crippen LogP contribution in [-0.2, 0) is 6.54 Å². The Morgan fingerprint density at radius 2 is 2.21 bits per heavy atom. The normalized spacial score (nSPS) is 22.3. The molecule has 1 N–H and O–H groups in total. The number of hydrogen-bond donors (Lipinski definition) is 1. The molecule has 1 aromatic carbocycles. The van der Waals surface area contributed by atoms with E-state index in [1.165, 1.54) is 24.0 Å². The van der Waals surface area contributed by atoms with Crippen molar-refractivity contribution in [2.75, 3.05) is 6.54 Å². The van der Waals surface area contributed by atoms with Gasteiger partial charge in [0.2, 0.25) is 0 Å². The number of fused-ring (bicyclic) bond motifs is 1. The number of rotatable bonds is 0. The summed E-state index contributed by atoms with van der Waals surface area (Å²) in [4.78, 5) is 0. The van der Waals surface area contributed by atoms with Crippen LogP contribution in [0, 0.1) is 6.92 Å². The first-order valence-electron chi connectivity index (χ1n) is 5.57. The Balaban J connectivity index is 2.36. The van der Waals surface area contributed by atoms with Gasteiger partial charge in [0.25, 0.3) is 0 Å². The molecule has 14 heavy (non-hydrogen) atoms. The number of nitrogens with one attached hydrogen (secondary N) is 1. The van der Waals surface area contributed by atoms with Crippen LogP contribution < -0.4 is 5.32 Å². The highest BCUT2D eigenvalue weighted by Crippen LogP contribution is 2.26. The molecule has 0 aromatic heterocycles. The molecule has 0 spiro atoms. The van der Waals surface area contributed by atoms with E-state index in [1.807, 2.05) is 0 Å². The molecule has 0 fully saturated rings. The lowest BCUT2D eigenvalue weighted by atomic mass is 9.89. The topological polar surface area (TPSA) is 12.0 Å². The summed E-state index contributed by atoms with van der Waals surface area (Å²) >= 11 is 0. The molecule has 1 heterocycles. The zero-order valence-electron chi connectivity index (χ0n) is 9.14. The second-order valence-corrected chi connectivity index (χ2v) is 4.42. The summed E-state index contributed by atoms with van der Waals surface area (Å²) < 4.78 is 0. The molecule has 1 aliphatic heterocycles. The fourth-order valence-electron chi connectivity index (χ4n) is 2.25. The molecule has 0 amide bonds. The Hall–Kier alpha value is -0.820. The maximum absolute atomic E-state index is 3.48. The van der Waals surface area contributed by atoms with Gasteiger partial charge in [0.1, 0.15) is 0 Å². The highest BCUT2D eigenvalue weighted by atomic mass is 14.8. The van der Waals surface area contributed by atoms with Crippen molar-refractivity contribution in [2.45, 2.75) is 39.2 Å². The van der Waals surface area contributed by atoms with Crippen molar-refractivity contribution < 1.29 is 0 Å². The van der Waals surface area contributed by atoms with Crippen LogP contribution in [0.15, 0.2) is 18.2 Å².